The second kappa shape index (κ2) is 11.6. The molecule has 0 saturated heterocycles. The van der Waals surface area contributed by atoms with Gasteiger partial charge in [0.1, 0.15) is 0 Å². The highest BCUT2D eigenvalue weighted by atomic mass is 14.9. The van der Waals surface area contributed by atoms with Crippen LogP contribution in [0.5, 0.6) is 0 Å². The van der Waals surface area contributed by atoms with Crippen molar-refractivity contribution in [3.63, 3.8) is 0 Å². The van der Waals surface area contributed by atoms with Crippen LogP contribution in [0.15, 0.2) is 0 Å². The van der Waals surface area contributed by atoms with E-state index in [2.05, 4.69) is 26.2 Å². The number of hydrogen-bond acceptors (Lipinski definition) is 1. The molecule has 0 aromatic carbocycles. The van der Waals surface area contributed by atoms with Gasteiger partial charge in [0.25, 0.3) is 0 Å². The van der Waals surface area contributed by atoms with E-state index in [1.807, 2.05) is 0 Å². The van der Waals surface area contributed by atoms with E-state index in [1.54, 1.807) is 0 Å². The lowest BCUT2D eigenvalue weighted by Crippen LogP contribution is -2.35. The summed E-state index contributed by atoms with van der Waals surface area (Å²) in [7, 11) is 2.18. The highest BCUT2D eigenvalue weighted by molar-refractivity contribution is 4.81. The minimum absolute atomic E-state index is 0.795. The topological polar surface area (TPSA) is 12.0 Å². The average molecular weight is 282 g/mol. The summed E-state index contributed by atoms with van der Waals surface area (Å²) in [5, 5.41) is 3.62. The van der Waals surface area contributed by atoms with Crippen LogP contribution in [0, 0.1) is 11.8 Å². The molecule has 1 N–H and O–H groups in total. The third kappa shape index (κ3) is 7.11. The minimum atomic E-state index is 0.795. The summed E-state index contributed by atoms with van der Waals surface area (Å²) in [4.78, 5) is 0. The summed E-state index contributed by atoms with van der Waals surface area (Å²) >= 11 is 0. The molecule has 1 fully saturated rings. The molecule has 1 nitrogen and oxygen atoms in total. The predicted octanol–water partition coefficient (Wildman–Crippen LogP) is 5.93. The molecule has 0 aromatic rings. The summed E-state index contributed by atoms with van der Waals surface area (Å²) in [6.07, 6.45) is 18.8. The zero-order chi connectivity index (χ0) is 14.6. The summed E-state index contributed by atoms with van der Waals surface area (Å²) in [5.41, 5.74) is 0. The first kappa shape index (κ1) is 18.0. The lowest BCUT2D eigenvalue weighted by Gasteiger charge is -2.34. The van der Waals surface area contributed by atoms with E-state index >= 15 is 0 Å². The van der Waals surface area contributed by atoms with E-state index in [0.29, 0.717) is 0 Å². The van der Waals surface area contributed by atoms with Gasteiger partial charge in [0.2, 0.25) is 0 Å². The molecule has 1 aliphatic carbocycles. The standard InChI is InChI=1S/C19H39N/c1-4-6-8-9-10-12-19(20-3)18-15-13-17(14-16-18)11-7-5-2/h17-20H,4-16H2,1-3H3. The Kier molecular flexibility index (Phi) is 10.4. The van der Waals surface area contributed by atoms with Crippen molar-refractivity contribution < 1.29 is 0 Å². The van der Waals surface area contributed by atoms with Crippen molar-refractivity contribution >= 4 is 0 Å². The van der Waals surface area contributed by atoms with Crippen molar-refractivity contribution in [3.05, 3.63) is 0 Å². The molecule has 0 bridgehead atoms. The predicted molar refractivity (Wildman–Crippen MR) is 91.2 cm³/mol. The molecule has 1 heteroatoms. The van der Waals surface area contributed by atoms with Crippen LogP contribution >= 0.6 is 0 Å². The Morgan fingerprint density at radius 2 is 1.50 bits per heavy atom. The minimum Gasteiger partial charge on any atom is -0.317 e. The second-order valence-electron chi connectivity index (χ2n) is 7.02. The van der Waals surface area contributed by atoms with Crippen molar-refractivity contribution in [2.24, 2.45) is 11.8 Å². The molecule has 0 heterocycles. The maximum atomic E-state index is 3.62. The second-order valence-corrected chi connectivity index (χ2v) is 7.02. The molecule has 1 unspecified atom stereocenters. The van der Waals surface area contributed by atoms with Crippen LogP contribution in [0.3, 0.4) is 0 Å². The van der Waals surface area contributed by atoms with E-state index in [1.165, 1.54) is 83.5 Å². The smallest absolute Gasteiger partial charge is 0.00923 e. The largest absolute Gasteiger partial charge is 0.317 e. The maximum absolute atomic E-state index is 3.62. The molecule has 1 atom stereocenters. The Morgan fingerprint density at radius 3 is 2.10 bits per heavy atom. The molecule has 0 spiro atoms. The molecule has 1 aliphatic rings. The lowest BCUT2D eigenvalue weighted by molar-refractivity contribution is 0.209. The summed E-state index contributed by atoms with van der Waals surface area (Å²) in [5.74, 6) is 2.01. The molecule has 0 radical (unpaired) electrons. The summed E-state index contributed by atoms with van der Waals surface area (Å²) < 4.78 is 0. The first-order valence-corrected chi connectivity index (χ1v) is 9.49. The Bertz CT molecular complexity index is 203. The zero-order valence-electron chi connectivity index (χ0n) is 14.4. The fourth-order valence-electron chi connectivity index (χ4n) is 3.96. The third-order valence-electron chi connectivity index (χ3n) is 5.42. The molecule has 120 valence electrons. The Hall–Kier alpha value is -0.0400. The van der Waals surface area contributed by atoms with Crippen molar-refractivity contribution in [3.8, 4) is 0 Å². The van der Waals surface area contributed by atoms with E-state index < -0.39 is 0 Å². The maximum Gasteiger partial charge on any atom is 0.00923 e. The van der Waals surface area contributed by atoms with Crippen molar-refractivity contribution in [2.45, 2.75) is 103 Å². The van der Waals surface area contributed by atoms with Gasteiger partial charge in [-0.25, -0.2) is 0 Å². The summed E-state index contributed by atoms with van der Waals surface area (Å²) in [6, 6.07) is 0.795. The SMILES string of the molecule is CCCCCCCC(NC)C1CCC(CCCC)CC1. The van der Waals surface area contributed by atoms with E-state index in [9.17, 15) is 0 Å². The normalized spacial score (nSPS) is 24.8. The highest BCUT2D eigenvalue weighted by Gasteiger charge is 2.26. The molecule has 1 rings (SSSR count). The van der Waals surface area contributed by atoms with Crippen LogP contribution in [-0.2, 0) is 0 Å². The van der Waals surface area contributed by atoms with Gasteiger partial charge in [-0.05, 0) is 38.1 Å². The Labute approximate surface area is 128 Å². The fraction of sp³-hybridized carbons (Fsp3) is 1.00. The Morgan fingerprint density at radius 1 is 0.850 bits per heavy atom. The van der Waals surface area contributed by atoms with Gasteiger partial charge in [0.15, 0.2) is 0 Å². The van der Waals surface area contributed by atoms with Crippen LogP contribution < -0.4 is 5.32 Å². The van der Waals surface area contributed by atoms with Gasteiger partial charge in [-0.3, -0.25) is 0 Å². The van der Waals surface area contributed by atoms with Gasteiger partial charge in [-0.2, -0.15) is 0 Å². The average Bonchev–Trinajstić information content (AvgIpc) is 2.49. The summed E-state index contributed by atoms with van der Waals surface area (Å²) in [6.45, 7) is 4.62. The van der Waals surface area contributed by atoms with Gasteiger partial charge >= 0.3 is 0 Å². The van der Waals surface area contributed by atoms with Crippen molar-refractivity contribution in [2.75, 3.05) is 7.05 Å². The third-order valence-corrected chi connectivity index (χ3v) is 5.42. The zero-order valence-corrected chi connectivity index (χ0v) is 14.4. The van der Waals surface area contributed by atoms with Crippen molar-refractivity contribution in [1.29, 1.82) is 0 Å². The number of rotatable bonds is 11. The quantitative estimate of drug-likeness (QED) is 0.463. The Balaban J connectivity index is 2.16. The van der Waals surface area contributed by atoms with E-state index in [4.69, 9.17) is 0 Å². The molecule has 20 heavy (non-hydrogen) atoms. The molecule has 0 amide bonds. The lowest BCUT2D eigenvalue weighted by atomic mass is 9.76. The van der Waals surface area contributed by atoms with Gasteiger partial charge < -0.3 is 5.32 Å². The number of nitrogens with one attached hydrogen (secondary N) is 1. The van der Waals surface area contributed by atoms with E-state index in [0.717, 1.165) is 17.9 Å². The van der Waals surface area contributed by atoms with Crippen LogP contribution in [0.25, 0.3) is 0 Å². The van der Waals surface area contributed by atoms with Crippen LogP contribution in [0.1, 0.15) is 97.3 Å². The van der Waals surface area contributed by atoms with Crippen molar-refractivity contribution in [1.82, 2.24) is 5.32 Å². The monoisotopic (exact) mass is 281 g/mol. The van der Waals surface area contributed by atoms with Crippen LogP contribution in [0.4, 0.5) is 0 Å². The van der Waals surface area contributed by atoms with Gasteiger partial charge in [-0.15, -0.1) is 0 Å². The van der Waals surface area contributed by atoms with Gasteiger partial charge in [0, 0.05) is 6.04 Å². The van der Waals surface area contributed by atoms with Gasteiger partial charge in [-0.1, -0.05) is 78.1 Å². The number of hydrogen-bond donors (Lipinski definition) is 1. The highest BCUT2D eigenvalue weighted by Crippen LogP contribution is 2.34. The fourth-order valence-corrected chi connectivity index (χ4v) is 3.96. The number of unbranched alkanes of at least 4 members (excludes halogenated alkanes) is 5. The molecular formula is C19H39N. The van der Waals surface area contributed by atoms with Crippen LogP contribution in [0.2, 0.25) is 0 Å². The molecule has 1 saturated carbocycles. The molecule has 0 aromatic heterocycles. The van der Waals surface area contributed by atoms with Gasteiger partial charge in [0.05, 0.1) is 0 Å². The molecule has 0 aliphatic heterocycles. The van der Waals surface area contributed by atoms with Crippen LogP contribution in [-0.4, -0.2) is 13.1 Å². The molecular weight excluding hydrogens is 242 g/mol. The van der Waals surface area contributed by atoms with E-state index in [-0.39, 0.29) is 0 Å². The first-order valence-electron chi connectivity index (χ1n) is 9.49. The first-order chi connectivity index (χ1) is 9.81.